The molecule has 2 heterocycles. The molecular weight excluding hydrogens is 250 g/mol. The molecule has 0 amide bonds. The summed E-state index contributed by atoms with van der Waals surface area (Å²) in [6, 6.07) is 0. The topological polar surface area (TPSA) is 46.9 Å². The molecule has 1 aromatic heterocycles. The Labute approximate surface area is 113 Å². The molecule has 0 aromatic carbocycles. The van der Waals surface area contributed by atoms with Crippen LogP contribution in [0.5, 0.6) is 0 Å². The number of halogens is 1. The van der Waals surface area contributed by atoms with E-state index in [2.05, 4.69) is 10.4 Å². The Bertz CT molecular complexity index is 461. The van der Waals surface area contributed by atoms with E-state index in [0.29, 0.717) is 11.4 Å². The van der Waals surface area contributed by atoms with E-state index in [1.807, 2.05) is 25.5 Å². The average Bonchev–Trinajstić information content (AvgIpc) is 2.89. The van der Waals surface area contributed by atoms with E-state index in [9.17, 15) is 4.79 Å². The highest BCUT2D eigenvalue weighted by atomic mass is 35.5. The van der Waals surface area contributed by atoms with Gasteiger partial charge in [-0.1, -0.05) is 11.6 Å². The predicted octanol–water partition coefficient (Wildman–Crippen LogP) is 2.12. The highest BCUT2D eigenvalue weighted by Gasteiger charge is 2.36. The van der Waals surface area contributed by atoms with Crippen LogP contribution in [0.1, 0.15) is 38.1 Å². The van der Waals surface area contributed by atoms with Gasteiger partial charge in [0.15, 0.2) is 5.78 Å². The Morgan fingerprint density at radius 1 is 1.61 bits per heavy atom. The van der Waals surface area contributed by atoms with Crippen molar-refractivity contribution in [2.45, 2.75) is 52.1 Å². The maximum absolute atomic E-state index is 12.4. The van der Waals surface area contributed by atoms with Crippen molar-refractivity contribution >= 4 is 17.4 Å². The number of carbonyl (C=O) groups excluding carboxylic acids is 1. The van der Waals surface area contributed by atoms with Crippen molar-refractivity contribution in [2.24, 2.45) is 0 Å². The third-order valence-electron chi connectivity index (χ3n) is 3.76. The molecule has 1 atom stereocenters. The normalized spacial score (nSPS) is 23.6. The second-order valence-corrected chi connectivity index (χ2v) is 5.50. The number of aromatic nitrogens is 2. The van der Waals surface area contributed by atoms with Gasteiger partial charge in [-0.15, -0.1) is 0 Å². The fourth-order valence-corrected chi connectivity index (χ4v) is 2.72. The summed E-state index contributed by atoms with van der Waals surface area (Å²) < 4.78 is 1.83. The van der Waals surface area contributed by atoms with E-state index in [1.54, 1.807) is 0 Å². The zero-order valence-corrected chi connectivity index (χ0v) is 12.0. The van der Waals surface area contributed by atoms with E-state index in [-0.39, 0.29) is 11.3 Å². The molecular formula is C13H20ClN3O. The van der Waals surface area contributed by atoms with Crippen LogP contribution in [0.15, 0.2) is 0 Å². The Kier molecular flexibility index (Phi) is 3.78. The van der Waals surface area contributed by atoms with Crippen molar-refractivity contribution in [3.8, 4) is 0 Å². The summed E-state index contributed by atoms with van der Waals surface area (Å²) in [7, 11) is 0. The molecule has 4 nitrogen and oxygen atoms in total. The van der Waals surface area contributed by atoms with Crippen LogP contribution in [0.3, 0.4) is 0 Å². The van der Waals surface area contributed by atoms with Crippen molar-refractivity contribution in [3.05, 3.63) is 16.4 Å². The summed E-state index contributed by atoms with van der Waals surface area (Å²) in [4.78, 5) is 12.4. The largest absolute Gasteiger partial charge is 0.305 e. The molecule has 1 aliphatic rings. The molecule has 0 aliphatic carbocycles. The van der Waals surface area contributed by atoms with Gasteiger partial charge in [0, 0.05) is 6.54 Å². The third-order valence-corrected chi connectivity index (χ3v) is 4.26. The zero-order chi connectivity index (χ0) is 13.3. The average molecular weight is 270 g/mol. The number of nitrogens with one attached hydrogen (secondary N) is 1. The Balaban J connectivity index is 2.21. The summed E-state index contributed by atoms with van der Waals surface area (Å²) in [5.41, 5.74) is 1.25. The van der Waals surface area contributed by atoms with Crippen LogP contribution in [0.2, 0.25) is 5.02 Å². The summed E-state index contributed by atoms with van der Waals surface area (Å²) in [5.74, 6) is 0.205. The van der Waals surface area contributed by atoms with Crippen LogP contribution in [-0.4, -0.2) is 27.6 Å². The molecule has 0 radical (unpaired) electrons. The Hall–Kier alpha value is -0.870. The molecule has 18 heavy (non-hydrogen) atoms. The molecule has 2 rings (SSSR count). The molecule has 1 saturated heterocycles. The minimum atomic E-state index is -0.389. The molecule has 1 unspecified atom stereocenters. The van der Waals surface area contributed by atoms with Gasteiger partial charge in [0.05, 0.1) is 28.4 Å². The van der Waals surface area contributed by atoms with E-state index < -0.39 is 0 Å². The molecule has 0 saturated carbocycles. The van der Waals surface area contributed by atoms with Crippen LogP contribution in [-0.2, 0) is 17.8 Å². The monoisotopic (exact) mass is 269 g/mol. The maximum atomic E-state index is 12.4. The Morgan fingerprint density at radius 2 is 2.33 bits per heavy atom. The van der Waals surface area contributed by atoms with E-state index in [4.69, 9.17) is 11.6 Å². The summed E-state index contributed by atoms with van der Waals surface area (Å²) in [6.45, 7) is 7.52. The van der Waals surface area contributed by atoms with Crippen LogP contribution in [0.25, 0.3) is 0 Å². The number of hydrogen-bond acceptors (Lipinski definition) is 3. The van der Waals surface area contributed by atoms with Gasteiger partial charge >= 0.3 is 0 Å². The number of hydrogen-bond donors (Lipinski definition) is 1. The lowest BCUT2D eigenvalue weighted by atomic mass is 9.91. The van der Waals surface area contributed by atoms with Crippen molar-refractivity contribution in [1.82, 2.24) is 15.1 Å². The van der Waals surface area contributed by atoms with E-state index in [1.165, 1.54) is 0 Å². The molecule has 0 bridgehead atoms. The number of aryl methyl sites for hydroxylation is 2. The number of nitrogens with zero attached hydrogens (tertiary/aromatic N) is 2. The van der Waals surface area contributed by atoms with Crippen molar-refractivity contribution in [3.63, 3.8) is 0 Å². The van der Waals surface area contributed by atoms with Crippen LogP contribution >= 0.6 is 11.6 Å². The first-order valence-corrected chi connectivity index (χ1v) is 6.86. The lowest BCUT2D eigenvalue weighted by Crippen LogP contribution is -2.45. The fourth-order valence-electron chi connectivity index (χ4n) is 2.52. The van der Waals surface area contributed by atoms with Gasteiger partial charge in [0.25, 0.3) is 0 Å². The van der Waals surface area contributed by atoms with Gasteiger partial charge in [0.2, 0.25) is 0 Å². The molecule has 100 valence electrons. The summed E-state index contributed by atoms with van der Waals surface area (Å²) in [5, 5.41) is 8.27. The molecule has 5 heteroatoms. The van der Waals surface area contributed by atoms with E-state index >= 15 is 0 Å². The number of ketones is 1. The van der Waals surface area contributed by atoms with Crippen molar-refractivity contribution in [2.75, 3.05) is 6.54 Å². The third kappa shape index (κ3) is 2.31. The first-order valence-electron chi connectivity index (χ1n) is 6.48. The number of rotatable bonds is 4. The standard InChI is InChI=1S/C13H20ClN3O/c1-4-17-10(12(14)9(2)16-17)8-11(18)13(3)6-5-7-15-13/h15H,4-8H2,1-3H3. The zero-order valence-electron chi connectivity index (χ0n) is 11.2. The first kappa shape index (κ1) is 13.6. The molecule has 1 N–H and O–H groups in total. The second kappa shape index (κ2) is 5.02. The van der Waals surface area contributed by atoms with Crippen LogP contribution in [0.4, 0.5) is 0 Å². The SMILES string of the molecule is CCn1nc(C)c(Cl)c1CC(=O)C1(C)CCCN1. The highest BCUT2D eigenvalue weighted by Crippen LogP contribution is 2.25. The fraction of sp³-hybridized carbons (Fsp3) is 0.692. The van der Waals surface area contributed by atoms with Gasteiger partial charge in [-0.25, -0.2) is 0 Å². The number of carbonyl (C=O) groups is 1. The second-order valence-electron chi connectivity index (χ2n) is 5.12. The number of Topliss-reactive ketones (excluding diaryl/α,β-unsaturated/α-hetero) is 1. The van der Waals surface area contributed by atoms with Gasteiger partial charge < -0.3 is 5.32 Å². The lowest BCUT2D eigenvalue weighted by molar-refractivity contribution is -0.123. The first-order chi connectivity index (χ1) is 8.48. The summed E-state index contributed by atoms with van der Waals surface area (Å²) >= 11 is 6.23. The summed E-state index contributed by atoms with van der Waals surface area (Å²) in [6.07, 6.45) is 2.32. The molecule has 0 spiro atoms. The smallest absolute Gasteiger partial charge is 0.158 e. The van der Waals surface area contributed by atoms with Crippen molar-refractivity contribution in [1.29, 1.82) is 0 Å². The molecule has 1 fully saturated rings. The van der Waals surface area contributed by atoms with Crippen LogP contribution < -0.4 is 5.32 Å². The Morgan fingerprint density at radius 3 is 2.89 bits per heavy atom. The van der Waals surface area contributed by atoms with Gasteiger partial charge in [-0.3, -0.25) is 9.48 Å². The van der Waals surface area contributed by atoms with E-state index in [0.717, 1.165) is 37.3 Å². The quantitative estimate of drug-likeness (QED) is 0.911. The van der Waals surface area contributed by atoms with Gasteiger partial charge in [-0.05, 0) is 40.2 Å². The minimum Gasteiger partial charge on any atom is -0.305 e. The maximum Gasteiger partial charge on any atom is 0.158 e. The van der Waals surface area contributed by atoms with Crippen molar-refractivity contribution < 1.29 is 4.79 Å². The highest BCUT2D eigenvalue weighted by molar-refractivity contribution is 6.32. The van der Waals surface area contributed by atoms with Gasteiger partial charge in [0.1, 0.15) is 0 Å². The lowest BCUT2D eigenvalue weighted by Gasteiger charge is -2.22. The predicted molar refractivity (Wildman–Crippen MR) is 72.0 cm³/mol. The molecule has 1 aliphatic heterocycles. The van der Waals surface area contributed by atoms with Crippen LogP contribution in [0, 0.1) is 6.92 Å². The minimum absolute atomic E-state index is 0.205. The van der Waals surface area contributed by atoms with Gasteiger partial charge in [-0.2, -0.15) is 5.10 Å². The molecule has 1 aromatic rings.